The molecule has 0 aliphatic carbocycles. The van der Waals surface area contributed by atoms with Crippen molar-refractivity contribution < 1.29 is 8.42 Å². The zero-order valence-electron chi connectivity index (χ0n) is 12.6. The molecule has 2 aromatic rings. The molecule has 5 nitrogen and oxygen atoms in total. The van der Waals surface area contributed by atoms with Crippen molar-refractivity contribution in [1.29, 1.82) is 0 Å². The molecular weight excluding hydrogens is 357 g/mol. The predicted molar refractivity (Wildman–Crippen MR) is 92.6 cm³/mol. The Morgan fingerprint density at radius 3 is 2.65 bits per heavy atom. The maximum absolute atomic E-state index is 12.6. The van der Waals surface area contributed by atoms with Crippen molar-refractivity contribution in [2.24, 2.45) is 0 Å². The van der Waals surface area contributed by atoms with Crippen LogP contribution in [0, 0.1) is 0 Å². The fourth-order valence-electron chi connectivity index (χ4n) is 2.71. The first-order chi connectivity index (χ1) is 10.9. The lowest BCUT2D eigenvalue weighted by Crippen LogP contribution is -2.43. The number of aromatic nitrogens is 1. The van der Waals surface area contributed by atoms with Crippen LogP contribution in [0.2, 0.25) is 10.0 Å². The van der Waals surface area contributed by atoms with Crippen LogP contribution in [-0.2, 0) is 10.0 Å². The number of rotatable bonds is 3. The molecule has 0 bridgehead atoms. The highest BCUT2D eigenvalue weighted by atomic mass is 35.5. The lowest BCUT2D eigenvalue weighted by atomic mass is 10.1. The summed E-state index contributed by atoms with van der Waals surface area (Å²) in [6, 6.07) is 4.95. The van der Waals surface area contributed by atoms with Gasteiger partial charge in [-0.3, -0.25) is 4.98 Å². The van der Waals surface area contributed by atoms with Crippen molar-refractivity contribution in [3.8, 4) is 0 Å². The molecule has 0 unspecified atom stereocenters. The summed E-state index contributed by atoms with van der Waals surface area (Å²) in [5.41, 5.74) is 0.609. The molecule has 2 heterocycles. The Bertz CT molecular complexity index is 834. The van der Waals surface area contributed by atoms with Crippen molar-refractivity contribution in [2.75, 3.05) is 20.1 Å². The number of benzene rings is 1. The first-order valence-corrected chi connectivity index (χ1v) is 9.55. The van der Waals surface area contributed by atoms with E-state index in [-0.39, 0.29) is 16.0 Å². The average molecular weight is 374 g/mol. The Hall–Kier alpha value is -0.920. The topological polar surface area (TPSA) is 62.3 Å². The highest BCUT2D eigenvalue weighted by Gasteiger charge is 2.26. The molecule has 8 heteroatoms. The van der Waals surface area contributed by atoms with Crippen molar-refractivity contribution in [3.05, 3.63) is 34.4 Å². The highest BCUT2D eigenvalue weighted by Crippen LogP contribution is 2.31. The van der Waals surface area contributed by atoms with Crippen molar-refractivity contribution in [2.45, 2.75) is 23.8 Å². The molecule has 1 aromatic carbocycles. The van der Waals surface area contributed by atoms with E-state index in [1.165, 1.54) is 6.20 Å². The molecule has 23 heavy (non-hydrogen) atoms. The molecule has 1 N–H and O–H groups in total. The normalized spacial score (nSPS) is 17.7. The number of likely N-dealkylation sites (tertiary alicyclic amines) is 1. The van der Waals surface area contributed by atoms with E-state index in [1.807, 2.05) is 7.05 Å². The third kappa shape index (κ3) is 3.61. The molecule has 1 aliphatic rings. The fraction of sp³-hybridized carbons (Fsp3) is 0.400. The van der Waals surface area contributed by atoms with Crippen LogP contribution >= 0.6 is 23.2 Å². The molecule has 1 saturated heterocycles. The predicted octanol–water partition coefficient (Wildman–Crippen LogP) is 2.91. The van der Waals surface area contributed by atoms with Crippen LogP contribution in [-0.4, -0.2) is 44.5 Å². The Labute approximate surface area is 145 Å². The second-order valence-corrected chi connectivity index (χ2v) is 8.29. The first kappa shape index (κ1) is 16.9. The number of nitrogens with zero attached hydrogens (tertiary/aromatic N) is 2. The van der Waals surface area contributed by atoms with Gasteiger partial charge in [-0.15, -0.1) is 0 Å². The monoisotopic (exact) mass is 373 g/mol. The smallest absolute Gasteiger partial charge is 0.243 e. The number of hydrogen-bond donors (Lipinski definition) is 1. The van der Waals surface area contributed by atoms with Crippen LogP contribution in [0.1, 0.15) is 12.8 Å². The molecule has 1 aliphatic heterocycles. The van der Waals surface area contributed by atoms with Crippen LogP contribution in [0.3, 0.4) is 0 Å². The molecule has 124 valence electrons. The van der Waals surface area contributed by atoms with E-state index in [9.17, 15) is 8.42 Å². The van der Waals surface area contributed by atoms with E-state index in [1.54, 1.807) is 18.2 Å². The van der Waals surface area contributed by atoms with Crippen LogP contribution < -0.4 is 4.72 Å². The zero-order chi connectivity index (χ0) is 16.6. The number of halogens is 2. The Morgan fingerprint density at radius 1 is 1.26 bits per heavy atom. The van der Waals surface area contributed by atoms with Gasteiger partial charge < -0.3 is 4.90 Å². The number of nitrogens with one attached hydrogen (secondary N) is 1. The van der Waals surface area contributed by atoms with Crippen molar-refractivity contribution >= 4 is 44.1 Å². The zero-order valence-corrected chi connectivity index (χ0v) is 14.9. The van der Waals surface area contributed by atoms with Gasteiger partial charge in [0.25, 0.3) is 0 Å². The van der Waals surface area contributed by atoms with E-state index in [0.717, 1.165) is 25.9 Å². The van der Waals surface area contributed by atoms with Gasteiger partial charge in [0, 0.05) is 22.6 Å². The molecule has 0 radical (unpaired) electrons. The van der Waals surface area contributed by atoms with Crippen LogP contribution in [0.25, 0.3) is 10.9 Å². The molecule has 1 aromatic heterocycles. The lowest BCUT2D eigenvalue weighted by Gasteiger charge is -2.29. The quantitative estimate of drug-likeness (QED) is 0.898. The second-order valence-electron chi connectivity index (χ2n) is 5.80. The van der Waals surface area contributed by atoms with Crippen molar-refractivity contribution in [3.63, 3.8) is 0 Å². The SMILES string of the molecule is CN1CCC(NS(=O)(=O)c2cnc3ccc(Cl)cc3c2Cl)CC1. The van der Waals surface area contributed by atoms with Gasteiger partial charge in [0.1, 0.15) is 4.90 Å². The maximum Gasteiger partial charge on any atom is 0.243 e. The van der Waals surface area contributed by atoms with E-state index >= 15 is 0 Å². The molecule has 3 rings (SSSR count). The second kappa shape index (κ2) is 6.53. The van der Waals surface area contributed by atoms with E-state index in [0.29, 0.717) is 15.9 Å². The molecular formula is C15H17Cl2N3O2S. The van der Waals surface area contributed by atoms with Gasteiger partial charge in [0.2, 0.25) is 10.0 Å². The summed E-state index contributed by atoms with van der Waals surface area (Å²) in [7, 11) is -1.69. The van der Waals surface area contributed by atoms with Gasteiger partial charge in [-0.25, -0.2) is 13.1 Å². The Morgan fingerprint density at radius 2 is 1.96 bits per heavy atom. The summed E-state index contributed by atoms with van der Waals surface area (Å²) in [6.07, 6.45) is 2.86. The van der Waals surface area contributed by atoms with Gasteiger partial charge in [-0.1, -0.05) is 23.2 Å². The van der Waals surface area contributed by atoms with Crippen molar-refractivity contribution in [1.82, 2.24) is 14.6 Å². The lowest BCUT2D eigenvalue weighted by molar-refractivity contribution is 0.248. The van der Waals surface area contributed by atoms with E-state index in [2.05, 4.69) is 14.6 Å². The standard InChI is InChI=1S/C15H17Cl2N3O2S/c1-20-6-4-11(5-7-20)19-23(21,22)14-9-18-13-3-2-10(16)8-12(13)15(14)17/h2-3,8-9,11,19H,4-7H2,1H3. The van der Waals surface area contributed by atoms with Crippen LogP contribution in [0.5, 0.6) is 0 Å². The summed E-state index contributed by atoms with van der Waals surface area (Å²) in [5.74, 6) is 0. The number of pyridine rings is 1. The minimum Gasteiger partial charge on any atom is -0.306 e. The van der Waals surface area contributed by atoms with E-state index in [4.69, 9.17) is 23.2 Å². The molecule has 0 spiro atoms. The molecule has 0 amide bonds. The fourth-order valence-corrected chi connectivity index (χ4v) is 4.73. The average Bonchev–Trinajstić information content (AvgIpc) is 2.50. The summed E-state index contributed by atoms with van der Waals surface area (Å²) in [6.45, 7) is 1.74. The molecule has 0 saturated carbocycles. The van der Waals surface area contributed by atoms with Crippen LogP contribution in [0.4, 0.5) is 0 Å². The van der Waals surface area contributed by atoms with Gasteiger partial charge >= 0.3 is 0 Å². The first-order valence-electron chi connectivity index (χ1n) is 7.31. The van der Waals surface area contributed by atoms with Gasteiger partial charge in [-0.2, -0.15) is 0 Å². The number of hydrogen-bond acceptors (Lipinski definition) is 4. The number of fused-ring (bicyclic) bond motifs is 1. The molecule has 1 fully saturated rings. The minimum atomic E-state index is -3.72. The van der Waals surface area contributed by atoms with E-state index < -0.39 is 10.0 Å². The number of piperidine rings is 1. The Balaban J connectivity index is 1.93. The largest absolute Gasteiger partial charge is 0.306 e. The maximum atomic E-state index is 12.6. The van der Waals surface area contributed by atoms with Gasteiger partial charge in [-0.05, 0) is 51.2 Å². The highest BCUT2D eigenvalue weighted by molar-refractivity contribution is 7.89. The van der Waals surface area contributed by atoms with Gasteiger partial charge in [0.15, 0.2) is 0 Å². The summed E-state index contributed by atoms with van der Waals surface area (Å²) in [5, 5.41) is 1.17. The van der Waals surface area contributed by atoms with Crippen LogP contribution in [0.15, 0.2) is 29.3 Å². The van der Waals surface area contributed by atoms with Gasteiger partial charge in [0.05, 0.1) is 10.5 Å². The Kier molecular flexibility index (Phi) is 4.80. The summed E-state index contributed by atoms with van der Waals surface area (Å²) >= 11 is 12.3. The number of sulfonamides is 1. The third-order valence-corrected chi connectivity index (χ3v) is 6.35. The molecule has 0 atom stereocenters. The third-order valence-electron chi connectivity index (χ3n) is 4.06. The summed E-state index contributed by atoms with van der Waals surface area (Å²) < 4.78 is 28.0. The summed E-state index contributed by atoms with van der Waals surface area (Å²) in [4.78, 5) is 6.36. The minimum absolute atomic E-state index is 0.00661.